The van der Waals surface area contributed by atoms with Crippen LogP contribution in [0.25, 0.3) is 211 Å². The molecule has 9 aromatic heterocycles. The van der Waals surface area contributed by atoms with Crippen molar-refractivity contribution >= 4 is 65.4 Å². The zero-order valence-corrected chi connectivity index (χ0v) is 92.4. The minimum absolute atomic E-state index is 0. The Bertz CT molecular complexity index is 8420. The predicted molar refractivity (Wildman–Crippen MR) is 595 cm³/mol. The number of aryl methyl sites for hydroxylation is 1. The molecule has 0 amide bonds. The summed E-state index contributed by atoms with van der Waals surface area (Å²) in [5.74, 6) is 0. The molecule has 0 bridgehead atoms. The second-order valence-electron chi connectivity index (χ2n) is 43.9. The van der Waals surface area contributed by atoms with Crippen LogP contribution in [0.5, 0.6) is 0 Å². The van der Waals surface area contributed by atoms with Crippen molar-refractivity contribution in [3.8, 4) is 146 Å². The number of para-hydroxylation sites is 6. The fraction of sp³-hybridized carbons (Fsp3) is 0.188. The number of hydrogen-bond acceptors (Lipinski definition) is 6. The fourth-order valence-electron chi connectivity index (χ4n) is 18.7. The Labute approximate surface area is 897 Å². The van der Waals surface area contributed by atoms with E-state index in [1.165, 1.54) is 50.1 Å². The summed E-state index contributed by atoms with van der Waals surface area (Å²) >= 11 is 0. The quantitative estimate of drug-likeness (QED) is 0.104. The van der Waals surface area contributed by atoms with Crippen LogP contribution in [0.3, 0.4) is 0 Å². The van der Waals surface area contributed by atoms with Gasteiger partial charge in [0, 0.05) is 52.8 Å². The molecule has 0 aliphatic carbocycles. The van der Waals surface area contributed by atoms with Crippen molar-refractivity contribution < 1.29 is 63.2 Å². The van der Waals surface area contributed by atoms with Gasteiger partial charge >= 0.3 is 63.2 Å². The summed E-state index contributed by atoms with van der Waals surface area (Å²) in [4.78, 5) is 45.4. The van der Waals surface area contributed by atoms with E-state index in [9.17, 15) is 0 Å². The molecule has 22 aromatic rings. The number of pyridine rings is 6. The maximum atomic E-state index is 5.36. The van der Waals surface area contributed by atoms with Crippen molar-refractivity contribution in [2.45, 2.75) is 164 Å². The first kappa shape index (κ1) is 103. The van der Waals surface area contributed by atoms with Crippen LogP contribution in [0.4, 0.5) is 0 Å². The number of aromatic nitrogens is 9. The number of benzene rings is 13. The molecule has 0 aliphatic heterocycles. The molecule has 9 heterocycles. The van der Waals surface area contributed by atoms with Crippen LogP contribution in [0.1, 0.15) is 164 Å². The predicted octanol–water partition coefficient (Wildman–Crippen LogP) is 34.4. The molecule has 22 rings (SSSR count). The van der Waals surface area contributed by atoms with Crippen LogP contribution < -0.4 is 15.0 Å². The summed E-state index contributed by atoms with van der Waals surface area (Å²) in [5.41, 5.74) is 40.7. The van der Waals surface area contributed by atoms with Gasteiger partial charge < -0.3 is 15.0 Å². The molecule has 12 heteroatoms. The Morgan fingerprint density at radius 1 is 0.200 bits per heavy atom. The van der Waals surface area contributed by atoms with Crippen LogP contribution in [-0.4, -0.2) is 29.9 Å². The van der Waals surface area contributed by atoms with Gasteiger partial charge in [-0.3, -0.25) is 29.9 Å². The van der Waals surface area contributed by atoms with Gasteiger partial charge in [0.15, 0.2) is 0 Å². The second kappa shape index (κ2) is 41.4. The Morgan fingerprint density at radius 3 is 0.766 bits per heavy atom. The largest absolute Gasteiger partial charge is 2.00 e. The third-order valence-electron chi connectivity index (χ3n) is 27.2. The molecule has 0 atom stereocenters. The summed E-state index contributed by atoms with van der Waals surface area (Å²) in [6.45, 7) is 43.2. The van der Waals surface area contributed by atoms with Crippen molar-refractivity contribution in [1.82, 2.24) is 44.9 Å². The average molecular weight is 2430 g/mol. The average Bonchev–Trinajstić information content (AvgIpc) is 1.65. The van der Waals surface area contributed by atoms with Gasteiger partial charge in [-0.15, -0.1) is 106 Å². The van der Waals surface area contributed by atoms with E-state index in [1.807, 2.05) is 61.1 Å². The van der Waals surface area contributed by atoms with E-state index in [-0.39, 0.29) is 95.7 Å². The summed E-state index contributed by atoms with van der Waals surface area (Å²) in [6, 6.07) is 133. The number of rotatable bonds is 13. The maximum Gasteiger partial charge on any atom is 2.00 e. The van der Waals surface area contributed by atoms with E-state index >= 15 is 0 Å². The van der Waals surface area contributed by atoms with E-state index in [2.05, 4.69) is 463 Å². The number of hydrogen-bond donors (Lipinski definition) is 0. The summed E-state index contributed by atoms with van der Waals surface area (Å²) in [5, 5.41) is 6.91. The third-order valence-corrected chi connectivity index (χ3v) is 27.2. The number of nitrogens with zero attached hydrogens (tertiary/aromatic N) is 9. The second-order valence-corrected chi connectivity index (χ2v) is 43.9. The van der Waals surface area contributed by atoms with Gasteiger partial charge in [-0.2, -0.15) is 0 Å². The van der Waals surface area contributed by atoms with Gasteiger partial charge in [-0.05, 0) is 196 Å². The van der Waals surface area contributed by atoms with Crippen LogP contribution in [0.2, 0.25) is 0 Å². The zero-order chi connectivity index (χ0) is 98.9. The maximum absolute atomic E-state index is 5.36. The van der Waals surface area contributed by atoms with E-state index in [4.69, 9.17) is 34.9 Å². The smallest absolute Gasteiger partial charge is 0.656 e. The van der Waals surface area contributed by atoms with Crippen LogP contribution in [-0.2, 0) is 95.7 Å². The topological polar surface area (TPSA) is 120 Å². The van der Waals surface area contributed by atoms with Gasteiger partial charge in [-0.1, -0.05) is 425 Å². The molecule has 9 nitrogen and oxygen atoms in total. The molecule has 145 heavy (non-hydrogen) atoms. The van der Waals surface area contributed by atoms with Crippen molar-refractivity contribution in [3.63, 3.8) is 0 Å². The molecular formula is C133H117N9Pt3. The normalized spacial score (nSPS) is 11.9. The molecule has 0 radical (unpaired) electrons. The van der Waals surface area contributed by atoms with Gasteiger partial charge in [0.05, 0.1) is 17.1 Å². The van der Waals surface area contributed by atoms with E-state index in [0.717, 1.165) is 200 Å². The Balaban J connectivity index is 0.000000148. The summed E-state index contributed by atoms with van der Waals surface area (Å²) in [6.07, 6.45) is 5.66. The molecule has 724 valence electrons. The monoisotopic (exact) mass is 2420 g/mol. The zero-order valence-electron chi connectivity index (χ0n) is 85.6. The van der Waals surface area contributed by atoms with Gasteiger partial charge in [0.25, 0.3) is 0 Å². The molecule has 0 N–H and O–H groups in total. The molecule has 13 aromatic carbocycles. The minimum atomic E-state index is -0.00915. The molecule has 0 saturated heterocycles. The molecule has 0 spiro atoms. The van der Waals surface area contributed by atoms with E-state index in [0.29, 0.717) is 0 Å². The molecule has 0 fully saturated rings. The van der Waals surface area contributed by atoms with Crippen molar-refractivity contribution in [3.05, 3.63) is 422 Å². The van der Waals surface area contributed by atoms with Crippen LogP contribution in [0, 0.1) is 25.1 Å². The van der Waals surface area contributed by atoms with Crippen molar-refractivity contribution in [1.29, 1.82) is 0 Å². The Hall–Kier alpha value is -13.8. The van der Waals surface area contributed by atoms with Gasteiger partial charge in [-0.25, -0.2) is 0 Å². The summed E-state index contributed by atoms with van der Waals surface area (Å²) < 4.78 is 0. The van der Waals surface area contributed by atoms with Gasteiger partial charge in [0.1, 0.15) is 0 Å². The van der Waals surface area contributed by atoms with E-state index < -0.39 is 0 Å². The standard InChI is InChI=1S/C48H41N3.C43H39N3.C42H37N3.3Pt/c1-47(2,3)37-25-35(26-38(29-37)48(4,5)6)36-27-44(50-45(28-36)41-20-13-19-40-39-18-10-11-21-43(39)51-46(40)41)33-17-12-16-32(24-33)42-23-22-34(30-49-42)31-14-8-7-9-15-31;1-27-18-19-37(44-26-27)28-12-10-13-29(20-28)39-23-31(30-21-32(42(2,3)4)25-33(22-30)43(5,6)7)24-40(45-39)36-16-11-15-35-34-14-8-9-17-38(34)46-41(35)36;1-41(2,3)31-22-29(23-32(26-31)42(4,5)6)30-24-38(28-14-11-13-27(21-28)36-18-9-10-20-43-36)44-39(25-30)35-17-12-16-34-33-15-7-8-19-37(33)45-40(34)35;;;/h7-23,25-30H,1-6H3;8-19,21-26H,1-7H3;7-20,22-26H,1-6H3;;;/q3*-2;3*+2. The molecule has 0 aliphatic rings. The summed E-state index contributed by atoms with van der Waals surface area (Å²) in [7, 11) is 0. The van der Waals surface area contributed by atoms with E-state index in [1.54, 1.807) is 0 Å². The third kappa shape index (κ3) is 22.1. The SMILES string of the molecule is CC(C)(C)c1cc(-c2cc(-c3[c-]c(-c4ccc(-c5ccccc5)cn4)ccc3)nc(-c3cccc4c3[n-]c3ccccc34)c2)cc(C(C)(C)C)c1.CC(C)(C)c1cc(-c2cc(-c3[c-]c(-c4ccccn4)ccc3)nc(-c3cccc4c3[n-]c3ccccc34)c2)cc(C(C)(C)C)c1.Cc1ccc(-c2[c-]c(-c3cc(-c4cc(C(C)(C)C)cc(C(C)(C)C)c4)cc(-c4cccc5c4[n-]c4ccccc45)n3)ccc2)nc1.[Pt+2].[Pt+2].[Pt+2]. The molecular weight excluding hydrogens is 2310 g/mol. The molecule has 0 unspecified atom stereocenters. The van der Waals surface area contributed by atoms with Crippen molar-refractivity contribution in [2.24, 2.45) is 0 Å². The fourth-order valence-corrected chi connectivity index (χ4v) is 18.7. The number of fused-ring (bicyclic) bond motifs is 9. The first-order chi connectivity index (χ1) is 68.0. The van der Waals surface area contributed by atoms with Crippen LogP contribution in [0.15, 0.2) is 364 Å². The first-order valence-electron chi connectivity index (χ1n) is 49.3. The minimum Gasteiger partial charge on any atom is -0.656 e. The van der Waals surface area contributed by atoms with Crippen LogP contribution >= 0.6 is 0 Å². The Morgan fingerprint density at radius 2 is 0.469 bits per heavy atom. The Kier molecular flexibility index (Phi) is 29.3. The molecule has 0 saturated carbocycles. The van der Waals surface area contributed by atoms with Crippen molar-refractivity contribution in [2.75, 3.05) is 0 Å². The first-order valence-corrected chi connectivity index (χ1v) is 49.3. The van der Waals surface area contributed by atoms with Gasteiger partial charge in [0.2, 0.25) is 0 Å².